The fourth-order valence-corrected chi connectivity index (χ4v) is 2.58. The molecule has 2 aromatic rings. The Balaban J connectivity index is 2.32. The molecule has 0 fully saturated rings. The smallest absolute Gasteiger partial charge is 0.262 e. The van der Waals surface area contributed by atoms with Crippen LogP contribution in [-0.4, -0.2) is 20.5 Å². The number of nitrogen functional groups attached to an aromatic ring is 1. The van der Waals surface area contributed by atoms with Crippen LogP contribution in [0.1, 0.15) is 0 Å². The first kappa shape index (κ1) is 13.2. The van der Waals surface area contributed by atoms with Crippen LogP contribution in [0.25, 0.3) is 0 Å². The van der Waals surface area contributed by atoms with Gasteiger partial charge < -0.3 is 10.5 Å². The van der Waals surface area contributed by atoms with Crippen LogP contribution in [0, 0.1) is 0 Å². The number of nitrogens with one attached hydrogen (secondary N) is 1. The van der Waals surface area contributed by atoms with Crippen molar-refractivity contribution < 1.29 is 13.2 Å². The van der Waals surface area contributed by atoms with E-state index in [4.69, 9.17) is 10.5 Å². The lowest BCUT2D eigenvalue weighted by atomic mass is 10.3. The summed E-state index contributed by atoms with van der Waals surface area (Å²) in [5.74, 6) is 0.711. The Morgan fingerprint density at radius 3 is 2.74 bits per heavy atom. The first-order valence-electron chi connectivity index (χ1n) is 5.40. The molecule has 1 aromatic heterocycles. The van der Waals surface area contributed by atoms with Crippen molar-refractivity contribution in [2.75, 3.05) is 17.6 Å². The van der Waals surface area contributed by atoms with Gasteiger partial charge in [0.2, 0.25) is 0 Å². The lowest BCUT2D eigenvalue weighted by Crippen LogP contribution is -2.13. The van der Waals surface area contributed by atoms with Gasteiger partial charge in [-0.2, -0.15) is 0 Å². The number of rotatable bonds is 4. The molecule has 0 aliphatic heterocycles. The number of methoxy groups -OCH3 is 1. The van der Waals surface area contributed by atoms with E-state index in [9.17, 15) is 8.42 Å². The average Bonchev–Trinajstić information content (AvgIpc) is 2.38. The predicted octanol–water partition coefficient (Wildman–Crippen LogP) is 1.47. The normalized spacial score (nSPS) is 11.0. The summed E-state index contributed by atoms with van der Waals surface area (Å²) in [6.07, 6.45) is 1.43. The summed E-state index contributed by atoms with van der Waals surface area (Å²) < 4.78 is 31.7. The van der Waals surface area contributed by atoms with Gasteiger partial charge in [-0.1, -0.05) is 6.07 Å². The fourth-order valence-electron chi connectivity index (χ4n) is 1.49. The molecular weight excluding hydrogens is 266 g/mol. The number of benzene rings is 1. The number of nitrogens with two attached hydrogens (primary N) is 1. The van der Waals surface area contributed by atoms with Crippen molar-refractivity contribution in [2.45, 2.75) is 4.90 Å². The Morgan fingerprint density at radius 2 is 2.05 bits per heavy atom. The molecule has 6 nitrogen and oxygen atoms in total. The quantitative estimate of drug-likeness (QED) is 0.883. The molecular formula is C12H13N3O3S. The van der Waals surface area contributed by atoms with Gasteiger partial charge in [0, 0.05) is 18.3 Å². The van der Waals surface area contributed by atoms with Crippen molar-refractivity contribution in [3.8, 4) is 5.75 Å². The minimum absolute atomic E-state index is 0.113. The predicted molar refractivity (Wildman–Crippen MR) is 72.5 cm³/mol. The van der Waals surface area contributed by atoms with Crippen molar-refractivity contribution in [3.05, 3.63) is 42.6 Å². The highest BCUT2D eigenvalue weighted by atomic mass is 32.2. The van der Waals surface area contributed by atoms with Gasteiger partial charge in [-0.15, -0.1) is 0 Å². The summed E-state index contributed by atoms with van der Waals surface area (Å²) in [5.41, 5.74) is 5.85. The Hall–Kier alpha value is -2.28. The van der Waals surface area contributed by atoms with E-state index in [0.29, 0.717) is 11.4 Å². The van der Waals surface area contributed by atoms with E-state index >= 15 is 0 Å². The molecule has 0 aliphatic carbocycles. The SMILES string of the molecule is COc1cccc(S(=O)(=O)Nc2ccnc(N)c2)c1. The van der Waals surface area contributed by atoms with Gasteiger partial charge in [-0.25, -0.2) is 13.4 Å². The van der Waals surface area contributed by atoms with Gasteiger partial charge in [0.15, 0.2) is 0 Å². The maximum atomic E-state index is 12.2. The second kappa shape index (κ2) is 5.15. The Bertz CT molecular complexity index is 686. The Morgan fingerprint density at radius 1 is 1.26 bits per heavy atom. The van der Waals surface area contributed by atoms with Crippen molar-refractivity contribution in [3.63, 3.8) is 0 Å². The molecule has 0 atom stereocenters. The average molecular weight is 279 g/mol. The maximum absolute atomic E-state index is 12.2. The van der Waals surface area contributed by atoms with Crippen molar-refractivity contribution in [2.24, 2.45) is 0 Å². The molecule has 0 bridgehead atoms. The van der Waals surface area contributed by atoms with E-state index in [-0.39, 0.29) is 10.7 Å². The van der Waals surface area contributed by atoms with E-state index in [2.05, 4.69) is 9.71 Å². The molecule has 0 radical (unpaired) electrons. The van der Waals surface area contributed by atoms with Crippen LogP contribution < -0.4 is 15.2 Å². The molecule has 0 saturated heterocycles. The van der Waals surface area contributed by atoms with Gasteiger partial charge in [-0.3, -0.25) is 4.72 Å². The fraction of sp³-hybridized carbons (Fsp3) is 0.0833. The second-order valence-corrected chi connectivity index (χ2v) is 5.44. The summed E-state index contributed by atoms with van der Waals surface area (Å²) in [6, 6.07) is 9.16. The number of aromatic nitrogens is 1. The molecule has 0 amide bonds. The minimum Gasteiger partial charge on any atom is -0.497 e. The zero-order valence-corrected chi connectivity index (χ0v) is 11.0. The standard InChI is InChI=1S/C12H13N3O3S/c1-18-10-3-2-4-11(8-10)19(16,17)15-9-5-6-14-12(13)7-9/h2-8H,1H3,(H3,13,14,15). The zero-order chi connectivity index (χ0) is 13.9. The Kier molecular flexibility index (Phi) is 3.57. The van der Waals surface area contributed by atoms with Gasteiger partial charge in [-0.05, 0) is 18.2 Å². The largest absolute Gasteiger partial charge is 0.497 e. The van der Waals surface area contributed by atoms with E-state index < -0.39 is 10.0 Å². The van der Waals surface area contributed by atoms with Crippen LogP contribution in [0.15, 0.2) is 47.5 Å². The summed E-state index contributed by atoms with van der Waals surface area (Å²) in [7, 11) is -2.20. The van der Waals surface area contributed by atoms with E-state index in [0.717, 1.165) is 0 Å². The molecule has 19 heavy (non-hydrogen) atoms. The highest BCUT2D eigenvalue weighted by molar-refractivity contribution is 7.92. The summed E-state index contributed by atoms with van der Waals surface area (Å²) in [4.78, 5) is 3.91. The topological polar surface area (TPSA) is 94.3 Å². The second-order valence-electron chi connectivity index (χ2n) is 3.75. The van der Waals surface area contributed by atoms with Gasteiger partial charge >= 0.3 is 0 Å². The van der Waals surface area contributed by atoms with Gasteiger partial charge in [0.1, 0.15) is 11.6 Å². The molecule has 100 valence electrons. The monoisotopic (exact) mass is 279 g/mol. The molecule has 0 aliphatic rings. The van der Waals surface area contributed by atoms with Crippen LogP contribution >= 0.6 is 0 Å². The number of hydrogen-bond acceptors (Lipinski definition) is 5. The summed E-state index contributed by atoms with van der Waals surface area (Å²) >= 11 is 0. The highest BCUT2D eigenvalue weighted by Gasteiger charge is 2.15. The summed E-state index contributed by atoms with van der Waals surface area (Å²) in [5, 5.41) is 0. The molecule has 0 spiro atoms. The first-order chi connectivity index (χ1) is 9.01. The number of nitrogens with zero attached hydrogens (tertiary/aromatic N) is 1. The van der Waals surface area contributed by atoms with Crippen molar-refractivity contribution in [1.82, 2.24) is 4.98 Å². The highest BCUT2D eigenvalue weighted by Crippen LogP contribution is 2.20. The van der Waals surface area contributed by atoms with E-state index in [1.54, 1.807) is 12.1 Å². The van der Waals surface area contributed by atoms with Crippen LogP contribution in [0.5, 0.6) is 5.75 Å². The molecule has 3 N–H and O–H groups in total. The van der Waals surface area contributed by atoms with Crippen LogP contribution in [-0.2, 0) is 10.0 Å². The van der Waals surface area contributed by atoms with Crippen LogP contribution in [0.3, 0.4) is 0 Å². The molecule has 2 rings (SSSR count). The molecule has 7 heteroatoms. The maximum Gasteiger partial charge on any atom is 0.262 e. The van der Waals surface area contributed by atoms with Crippen LogP contribution in [0.2, 0.25) is 0 Å². The zero-order valence-electron chi connectivity index (χ0n) is 10.2. The third-order valence-corrected chi connectivity index (χ3v) is 3.76. The molecule has 0 unspecified atom stereocenters. The van der Waals surface area contributed by atoms with Gasteiger partial charge in [0.25, 0.3) is 10.0 Å². The van der Waals surface area contributed by atoms with E-state index in [1.807, 2.05) is 0 Å². The minimum atomic E-state index is -3.68. The van der Waals surface area contributed by atoms with Crippen molar-refractivity contribution >= 4 is 21.5 Å². The molecule has 0 saturated carbocycles. The number of ether oxygens (including phenoxy) is 1. The number of anilines is 2. The van der Waals surface area contributed by atoms with E-state index in [1.165, 1.54) is 37.6 Å². The molecule has 1 aromatic carbocycles. The number of sulfonamides is 1. The molecule has 1 heterocycles. The third-order valence-electron chi connectivity index (χ3n) is 2.38. The lowest BCUT2D eigenvalue weighted by Gasteiger charge is -2.09. The number of pyridine rings is 1. The van der Waals surface area contributed by atoms with Gasteiger partial charge in [0.05, 0.1) is 17.7 Å². The first-order valence-corrected chi connectivity index (χ1v) is 6.88. The summed E-state index contributed by atoms with van der Waals surface area (Å²) in [6.45, 7) is 0. The van der Waals surface area contributed by atoms with Crippen LogP contribution in [0.4, 0.5) is 11.5 Å². The third kappa shape index (κ3) is 3.14. The number of hydrogen-bond donors (Lipinski definition) is 2. The van der Waals surface area contributed by atoms with Crippen molar-refractivity contribution in [1.29, 1.82) is 0 Å². The lowest BCUT2D eigenvalue weighted by molar-refractivity contribution is 0.413. The Labute approximate surface area is 111 Å².